The summed E-state index contributed by atoms with van der Waals surface area (Å²) in [5.74, 6) is -0.182. The monoisotopic (exact) mass is 245 g/mol. The van der Waals surface area contributed by atoms with Crippen molar-refractivity contribution in [3.63, 3.8) is 0 Å². The first-order valence-electron chi connectivity index (χ1n) is 5.73. The minimum Gasteiger partial charge on any atom is -0.467 e. The zero-order chi connectivity index (χ0) is 13.6. The molecule has 1 N–H and O–H groups in total. The van der Waals surface area contributed by atoms with E-state index in [1.807, 2.05) is 13.8 Å². The molecule has 100 valence electrons. The number of carbonyl (C=O) groups is 2. The van der Waals surface area contributed by atoms with Crippen LogP contribution in [0.15, 0.2) is 0 Å². The van der Waals surface area contributed by atoms with E-state index in [9.17, 15) is 9.59 Å². The third-order valence-corrected chi connectivity index (χ3v) is 1.88. The Morgan fingerprint density at radius 1 is 1.24 bits per heavy atom. The number of ether oxygens (including phenoxy) is 2. The third kappa shape index (κ3) is 7.60. The first-order chi connectivity index (χ1) is 7.65. The molecule has 0 rings (SSSR count). The molecular weight excluding hydrogens is 222 g/mol. The van der Waals surface area contributed by atoms with E-state index in [2.05, 4.69) is 10.1 Å². The number of esters is 1. The number of methoxy groups -OCH3 is 1. The highest BCUT2D eigenvalue weighted by atomic mass is 16.6. The van der Waals surface area contributed by atoms with Gasteiger partial charge in [-0.05, 0) is 33.1 Å². The average molecular weight is 245 g/mol. The number of hydrogen-bond donors (Lipinski definition) is 1. The lowest BCUT2D eigenvalue weighted by Gasteiger charge is -2.23. The van der Waals surface area contributed by atoms with Crippen LogP contribution in [0.5, 0.6) is 0 Å². The van der Waals surface area contributed by atoms with Gasteiger partial charge in [0.15, 0.2) is 0 Å². The van der Waals surface area contributed by atoms with Crippen molar-refractivity contribution >= 4 is 12.1 Å². The van der Waals surface area contributed by atoms with Gasteiger partial charge in [0.1, 0.15) is 11.6 Å². The molecule has 0 aliphatic rings. The van der Waals surface area contributed by atoms with Crippen molar-refractivity contribution in [3.05, 3.63) is 0 Å². The summed E-state index contributed by atoms with van der Waals surface area (Å²) >= 11 is 0. The maximum atomic E-state index is 11.5. The second kappa shape index (κ2) is 6.47. The molecule has 0 saturated carbocycles. The van der Waals surface area contributed by atoms with Crippen LogP contribution in [0.2, 0.25) is 0 Å². The third-order valence-electron chi connectivity index (χ3n) is 1.88. The summed E-state index contributed by atoms with van der Waals surface area (Å²) in [6, 6.07) is -0.658. The van der Waals surface area contributed by atoms with E-state index < -0.39 is 23.7 Å². The minimum absolute atomic E-state index is 0.272. The van der Waals surface area contributed by atoms with Crippen LogP contribution >= 0.6 is 0 Å². The van der Waals surface area contributed by atoms with Crippen LogP contribution in [0.1, 0.15) is 41.0 Å². The highest BCUT2D eigenvalue weighted by Crippen LogP contribution is 2.10. The molecule has 0 aromatic carbocycles. The molecule has 0 aromatic rings. The fourth-order valence-corrected chi connectivity index (χ4v) is 1.28. The lowest BCUT2D eigenvalue weighted by molar-refractivity contribution is -0.143. The van der Waals surface area contributed by atoms with Gasteiger partial charge < -0.3 is 14.8 Å². The van der Waals surface area contributed by atoms with Crippen molar-refractivity contribution in [2.75, 3.05) is 7.11 Å². The van der Waals surface area contributed by atoms with Crippen LogP contribution in [-0.2, 0) is 14.3 Å². The maximum Gasteiger partial charge on any atom is 0.408 e. The Hall–Kier alpha value is -1.26. The summed E-state index contributed by atoms with van der Waals surface area (Å²) in [6.07, 6.45) is -0.0834. The van der Waals surface area contributed by atoms with Crippen molar-refractivity contribution in [2.45, 2.75) is 52.7 Å². The number of alkyl carbamates (subject to hydrolysis) is 1. The molecule has 0 aliphatic carbocycles. The van der Waals surface area contributed by atoms with Crippen LogP contribution in [0.25, 0.3) is 0 Å². The van der Waals surface area contributed by atoms with Crippen LogP contribution < -0.4 is 5.32 Å². The summed E-state index contributed by atoms with van der Waals surface area (Å²) in [6.45, 7) is 9.23. The van der Waals surface area contributed by atoms with Crippen molar-refractivity contribution in [1.29, 1.82) is 0 Å². The molecule has 0 aliphatic heterocycles. The summed E-state index contributed by atoms with van der Waals surface area (Å²) in [5.41, 5.74) is -0.581. The Kier molecular flexibility index (Phi) is 5.99. The van der Waals surface area contributed by atoms with Crippen LogP contribution in [-0.4, -0.2) is 30.8 Å². The van der Waals surface area contributed by atoms with Crippen molar-refractivity contribution < 1.29 is 19.1 Å². The molecular formula is C12H23NO4. The van der Waals surface area contributed by atoms with Crippen LogP contribution in [0.4, 0.5) is 4.79 Å². The average Bonchev–Trinajstić information content (AvgIpc) is 2.11. The van der Waals surface area contributed by atoms with Crippen molar-refractivity contribution in [1.82, 2.24) is 5.32 Å². The van der Waals surface area contributed by atoms with E-state index in [1.165, 1.54) is 7.11 Å². The smallest absolute Gasteiger partial charge is 0.408 e. The molecule has 5 nitrogen and oxygen atoms in total. The molecule has 1 atom stereocenters. The van der Waals surface area contributed by atoms with Gasteiger partial charge >= 0.3 is 12.1 Å². The molecule has 5 heteroatoms. The summed E-state index contributed by atoms with van der Waals surface area (Å²) in [5, 5.41) is 2.52. The Morgan fingerprint density at radius 2 is 1.76 bits per heavy atom. The normalized spacial score (nSPS) is 13.1. The van der Waals surface area contributed by atoms with Gasteiger partial charge in [0, 0.05) is 0 Å². The molecule has 17 heavy (non-hydrogen) atoms. The maximum absolute atomic E-state index is 11.5. The molecule has 0 radical (unpaired) electrons. The topological polar surface area (TPSA) is 64.6 Å². The van der Waals surface area contributed by atoms with Gasteiger partial charge in [0.05, 0.1) is 7.11 Å². The predicted molar refractivity (Wildman–Crippen MR) is 64.6 cm³/mol. The predicted octanol–water partition coefficient (Wildman–Crippen LogP) is 2.10. The number of hydrogen-bond acceptors (Lipinski definition) is 4. The first kappa shape index (κ1) is 15.7. The Morgan fingerprint density at radius 3 is 2.12 bits per heavy atom. The largest absolute Gasteiger partial charge is 0.467 e. The van der Waals surface area contributed by atoms with Gasteiger partial charge in [0.25, 0.3) is 0 Å². The SMILES string of the molecule is COC(=O)[C@@H](CC(C)C)NC(=O)OC(C)(C)C. The number of amides is 1. The van der Waals surface area contributed by atoms with Crippen LogP contribution in [0, 0.1) is 5.92 Å². The number of nitrogens with one attached hydrogen (secondary N) is 1. The molecule has 1 amide bonds. The quantitative estimate of drug-likeness (QED) is 0.770. The van der Waals surface area contributed by atoms with Crippen molar-refractivity contribution in [2.24, 2.45) is 5.92 Å². The zero-order valence-corrected chi connectivity index (χ0v) is 11.5. The van der Waals surface area contributed by atoms with E-state index in [-0.39, 0.29) is 5.92 Å². The van der Waals surface area contributed by atoms with E-state index in [1.54, 1.807) is 20.8 Å². The van der Waals surface area contributed by atoms with Gasteiger partial charge in [-0.1, -0.05) is 13.8 Å². The molecule has 0 heterocycles. The van der Waals surface area contributed by atoms with Gasteiger partial charge in [-0.25, -0.2) is 9.59 Å². The second-order valence-electron chi connectivity index (χ2n) is 5.35. The van der Waals surface area contributed by atoms with Crippen molar-refractivity contribution in [3.8, 4) is 0 Å². The second-order valence-corrected chi connectivity index (χ2v) is 5.35. The van der Waals surface area contributed by atoms with E-state index in [0.717, 1.165) is 0 Å². The van der Waals surface area contributed by atoms with E-state index >= 15 is 0 Å². The summed E-state index contributed by atoms with van der Waals surface area (Å²) < 4.78 is 9.72. The fraction of sp³-hybridized carbons (Fsp3) is 0.833. The van der Waals surface area contributed by atoms with Gasteiger partial charge in [-0.3, -0.25) is 0 Å². The Bertz CT molecular complexity index is 268. The molecule has 0 unspecified atom stereocenters. The molecule has 0 fully saturated rings. The highest BCUT2D eigenvalue weighted by molar-refractivity contribution is 5.81. The van der Waals surface area contributed by atoms with Gasteiger partial charge in [-0.15, -0.1) is 0 Å². The first-order valence-corrected chi connectivity index (χ1v) is 5.73. The molecule has 0 saturated heterocycles. The standard InChI is InChI=1S/C12H23NO4/c1-8(2)7-9(10(14)16-6)13-11(15)17-12(3,4)5/h8-9H,7H2,1-6H3,(H,13,15)/t9-/m1/s1. The van der Waals surface area contributed by atoms with Gasteiger partial charge in [0.2, 0.25) is 0 Å². The van der Waals surface area contributed by atoms with E-state index in [4.69, 9.17) is 4.74 Å². The Labute approximate surface area is 103 Å². The van der Waals surface area contributed by atoms with E-state index in [0.29, 0.717) is 6.42 Å². The molecule has 0 aromatic heterocycles. The summed E-state index contributed by atoms with van der Waals surface area (Å²) in [4.78, 5) is 23.0. The minimum atomic E-state index is -0.658. The lowest BCUT2D eigenvalue weighted by Crippen LogP contribution is -2.44. The lowest BCUT2D eigenvalue weighted by atomic mass is 10.0. The van der Waals surface area contributed by atoms with Gasteiger partial charge in [-0.2, -0.15) is 0 Å². The Balaban J connectivity index is 4.43. The summed E-state index contributed by atoms with van der Waals surface area (Å²) in [7, 11) is 1.30. The fourth-order valence-electron chi connectivity index (χ4n) is 1.28. The number of rotatable bonds is 4. The molecule has 0 bridgehead atoms. The number of carbonyl (C=O) groups excluding carboxylic acids is 2. The highest BCUT2D eigenvalue weighted by Gasteiger charge is 2.25. The van der Waals surface area contributed by atoms with Crippen LogP contribution in [0.3, 0.4) is 0 Å². The molecule has 0 spiro atoms. The zero-order valence-electron chi connectivity index (χ0n) is 11.5.